The molecule has 1 aromatic rings. The maximum absolute atomic E-state index is 12.4. The van der Waals surface area contributed by atoms with E-state index in [0.717, 1.165) is 50.3 Å². The molecule has 6 nitrogen and oxygen atoms in total. The van der Waals surface area contributed by atoms with E-state index in [0.29, 0.717) is 19.0 Å². The van der Waals surface area contributed by atoms with Gasteiger partial charge in [-0.05, 0) is 56.7 Å². The number of piperazine rings is 1. The molecular formula is C23H40N4O2+2. The van der Waals surface area contributed by atoms with Gasteiger partial charge in [0.25, 0.3) is 11.8 Å². The minimum Gasteiger partial charge on any atom is -0.349 e. The van der Waals surface area contributed by atoms with E-state index in [9.17, 15) is 9.59 Å². The Bertz CT molecular complexity index is 681. The molecular weight excluding hydrogens is 364 g/mol. The van der Waals surface area contributed by atoms with Crippen molar-refractivity contribution in [1.82, 2.24) is 5.32 Å². The van der Waals surface area contributed by atoms with Crippen LogP contribution in [-0.2, 0) is 9.59 Å². The van der Waals surface area contributed by atoms with Crippen LogP contribution in [0.25, 0.3) is 0 Å². The molecule has 162 valence electrons. The highest BCUT2D eigenvalue weighted by molar-refractivity contribution is 5.92. The van der Waals surface area contributed by atoms with Crippen LogP contribution >= 0.6 is 0 Å². The van der Waals surface area contributed by atoms with Crippen LogP contribution in [0.5, 0.6) is 0 Å². The zero-order valence-electron chi connectivity index (χ0n) is 18.9. The molecule has 1 aliphatic rings. The minimum absolute atomic E-state index is 0.0638. The number of nitrogens with one attached hydrogen (secondary N) is 4. The molecule has 0 bridgehead atoms. The smallest absolute Gasteiger partial charge is 0.279 e. The predicted molar refractivity (Wildman–Crippen MR) is 117 cm³/mol. The summed E-state index contributed by atoms with van der Waals surface area (Å²) in [6, 6.07) is 6.23. The summed E-state index contributed by atoms with van der Waals surface area (Å²) in [6.07, 6.45) is 2.17. The Balaban J connectivity index is 1.68. The zero-order valence-corrected chi connectivity index (χ0v) is 18.9. The molecule has 0 radical (unpaired) electrons. The number of quaternary nitrogens is 2. The number of amides is 2. The molecule has 6 heteroatoms. The van der Waals surface area contributed by atoms with Crippen molar-refractivity contribution in [1.29, 1.82) is 0 Å². The largest absolute Gasteiger partial charge is 0.349 e. The van der Waals surface area contributed by atoms with Crippen LogP contribution in [0.4, 0.5) is 5.69 Å². The molecule has 0 unspecified atom stereocenters. The molecule has 2 amide bonds. The number of hydrogen-bond donors (Lipinski definition) is 4. The van der Waals surface area contributed by atoms with Gasteiger partial charge in [0.15, 0.2) is 13.1 Å². The van der Waals surface area contributed by atoms with Gasteiger partial charge in [-0.2, -0.15) is 0 Å². The van der Waals surface area contributed by atoms with E-state index in [2.05, 4.69) is 44.4 Å². The second-order valence-electron chi connectivity index (χ2n) is 9.09. The molecule has 0 spiro atoms. The van der Waals surface area contributed by atoms with E-state index in [1.165, 1.54) is 15.4 Å². The van der Waals surface area contributed by atoms with Crippen molar-refractivity contribution in [3.8, 4) is 0 Å². The van der Waals surface area contributed by atoms with Crippen LogP contribution in [0.3, 0.4) is 0 Å². The summed E-state index contributed by atoms with van der Waals surface area (Å²) in [5.41, 5.74) is 3.21. The number of anilines is 1. The lowest BCUT2D eigenvalue weighted by atomic mass is 10.0. The number of rotatable bonds is 9. The fourth-order valence-electron chi connectivity index (χ4n) is 3.83. The molecule has 1 atom stereocenters. The van der Waals surface area contributed by atoms with Crippen molar-refractivity contribution >= 4 is 17.5 Å². The van der Waals surface area contributed by atoms with E-state index in [1.807, 2.05) is 19.1 Å². The standard InChI is InChI=1S/C23H38N4O2/c1-17(2)9-10-19(4)24-22(28)15-26-11-13-27(14-12-26)16-23(29)25-21-8-6-7-18(3)20(21)5/h6-8,17,19H,9-16H2,1-5H3,(H,24,28)(H,25,29)/p+2/t19-/m0/s1. The monoisotopic (exact) mass is 404 g/mol. The predicted octanol–water partition coefficient (Wildman–Crippen LogP) is -0.0338. The summed E-state index contributed by atoms with van der Waals surface area (Å²) < 4.78 is 0. The second kappa shape index (κ2) is 11.3. The highest BCUT2D eigenvalue weighted by Crippen LogP contribution is 2.17. The molecule has 29 heavy (non-hydrogen) atoms. The van der Waals surface area contributed by atoms with Crippen LogP contribution in [0, 0.1) is 19.8 Å². The normalized spacial score (nSPS) is 20.3. The van der Waals surface area contributed by atoms with E-state index in [-0.39, 0.29) is 17.9 Å². The summed E-state index contributed by atoms with van der Waals surface area (Å²) in [4.78, 5) is 27.3. The van der Waals surface area contributed by atoms with Gasteiger partial charge in [-0.15, -0.1) is 0 Å². The molecule has 1 aliphatic heterocycles. The Kier molecular flexibility index (Phi) is 9.11. The van der Waals surface area contributed by atoms with E-state index >= 15 is 0 Å². The summed E-state index contributed by atoms with van der Waals surface area (Å²) in [5.74, 6) is 0.879. The third-order valence-electron chi connectivity index (χ3n) is 5.95. The quantitative estimate of drug-likeness (QED) is 0.467. The molecule has 0 aliphatic carbocycles. The minimum atomic E-state index is 0.0638. The Morgan fingerprint density at radius 2 is 1.52 bits per heavy atom. The van der Waals surface area contributed by atoms with Gasteiger partial charge in [0.2, 0.25) is 0 Å². The lowest BCUT2D eigenvalue weighted by molar-refractivity contribution is -1.00. The van der Waals surface area contributed by atoms with Gasteiger partial charge in [-0.3, -0.25) is 9.59 Å². The SMILES string of the molecule is Cc1cccc(NC(=O)C[NH+]2CC[NH+](CC(=O)N[C@@H](C)CCC(C)C)CC2)c1C. The van der Waals surface area contributed by atoms with Gasteiger partial charge in [-0.25, -0.2) is 0 Å². The summed E-state index contributed by atoms with van der Waals surface area (Å²) in [7, 11) is 0. The Morgan fingerprint density at radius 1 is 0.931 bits per heavy atom. The molecule has 1 aromatic carbocycles. The van der Waals surface area contributed by atoms with Crippen molar-refractivity contribution in [3.63, 3.8) is 0 Å². The highest BCUT2D eigenvalue weighted by Gasteiger charge is 2.26. The topological polar surface area (TPSA) is 67.1 Å². The average molecular weight is 405 g/mol. The Morgan fingerprint density at radius 3 is 2.10 bits per heavy atom. The highest BCUT2D eigenvalue weighted by atomic mass is 16.2. The van der Waals surface area contributed by atoms with Crippen molar-refractivity contribution in [2.24, 2.45) is 5.92 Å². The van der Waals surface area contributed by atoms with Gasteiger partial charge in [-0.1, -0.05) is 26.0 Å². The van der Waals surface area contributed by atoms with Crippen LogP contribution in [0.1, 0.15) is 44.7 Å². The summed E-state index contributed by atoms with van der Waals surface area (Å²) in [6.45, 7) is 15.3. The van der Waals surface area contributed by atoms with Gasteiger partial charge in [0.1, 0.15) is 26.2 Å². The third-order valence-corrected chi connectivity index (χ3v) is 5.95. The molecule has 0 aromatic heterocycles. The van der Waals surface area contributed by atoms with E-state index in [1.54, 1.807) is 0 Å². The fraction of sp³-hybridized carbons (Fsp3) is 0.652. The number of hydrogen-bond acceptors (Lipinski definition) is 2. The molecule has 0 saturated carbocycles. The summed E-state index contributed by atoms with van der Waals surface area (Å²) in [5, 5.41) is 6.18. The first kappa shape index (κ1) is 23.4. The number of aryl methyl sites for hydroxylation is 1. The maximum Gasteiger partial charge on any atom is 0.279 e. The third kappa shape index (κ3) is 8.15. The molecule has 2 rings (SSSR count). The van der Waals surface area contributed by atoms with Crippen LogP contribution in [0.15, 0.2) is 18.2 Å². The van der Waals surface area contributed by atoms with Crippen molar-refractivity contribution in [2.45, 2.75) is 53.5 Å². The molecule has 1 heterocycles. The van der Waals surface area contributed by atoms with Gasteiger partial charge >= 0.3 is 0 Å². The average Bonchev–Trinajstić information content (AvgIpc) is 2.65. The Labute approximate surface area is 176 Å². The van der Waals surface area contributed by atoms with Gasteiger partial charge < -0.3 is 20.4 Å². The molecule has 1 saturated heterocycles. The second-order valence-corrected chi connectivity index (χ2v) is 9.09. The van der Waals surface area contributed by atoms with E-state index in [4.69, 9.17) is 0 Å². The first-order chi connectivity index (χ1) is 13.7. The lowest BCUT2D eigenvalue weighted by Crippen LogP contribution is -3.28. The number of benzene rings is 1. The zero-order chi connectivity index (χ0) is 21.4. The lowest BCUT2D eigenvalue weighted by Gasteiger charge is -2.29. The fourth-order valence-corrected chi connectivity index (χ4v) is 3.83. The first-order valence-corrected chi connectivity index (χ1v) is 11.1. The Hall–Kier alpha value is -1.92. The number of carbonyl (C=O) groups is 2. The van der Waals surface area contributed by atoms with Crippen LogP contribution in [0.2, 0.25) is 0 Å². The van der Waals surface area contributed by atoms with Crippen LogP contribution < -0.4 is 20.4 Å². The molecule has 1 fully saturated rings. The van der Waals surface area contributed by atoms with Gasteiger partial charge in [0.05, 0.1) is 0 Å². The van der Waals surface area contributed by atoms with Crippen molar-refractivity contribution < 1.29 is 19.4 Å². The van der Waals surface area contributed by atoms with Crippen LogP contribution in [-0.4, -0.2) is 57.1 Å². The van der Waals surface area contributed by atoms with Crippen molar-refractivity contribution in [2.75, 3.05) is 44.6 Å². The first-order valence-electron chi connectivity index (χ1n) is 11.1. The van der Waals surface area contributed by atoms with E-state index < -0.39 is 0 Å². The molecule has 4 N–H and O–H groups in total. The maximum atomic E-state index is 12.4. The van der Waals surface area contributed by atoms with Gasteiger partial charge in [0, 0.05) is 11.7 Å². The number of carbonyl (C=O) groups excluding carboxylic acids is 2. The summed E-state index contributed by atoms with van der Waals surface area (Å²) >= 11 is 0. The van der Waals surface area contributed by atoms with Crippen molar-refractivity contribution in [3.05, 3.63) is 29.3 Å².